The summed E-state index contributed by atoms with van der Waals surface area (Å²) in [4.78, 5) is 50.1. The Bertz CT molecular complexity index is 1460. The molecule has 0 spiro atoms. The van der Waals surface area contributed by atoms with Crippen molar-refractivity contribution in [3.05, 3.63) is 84.4 Å². The molecule has 2 N–H and O–H groups in total. The Morgan fingerprint density at radius 1 is 0.895 bits per heavy atom. The first-order chi connectivity index (χ1) is 18.4. The Labute approximate surface area is 216 Å². The number of anilines is 1. The van der Waals surface area contributed by atoms with E-state index in [4.69, 9.17) is 24.7 Å². The number of hydrogen-bond acceptors (Lipinski definition) is 11. The van der Waals surface area contributed by atoms with Crippen molar-refractivity contribution in [2.45, 2.75) is 31.5 Å². The number of nitrogen functional groups attached to an aromatic ring is 1. The lowest BCUT2D eigenvalue weighted by molar-refractivity contribution is -0.156. The minimum atomic E-state index is -1.14. The Morgan fingerprint density at radius 2 is 1.55 bits per heavy atom. The number of aromatic nitrogens is 4. The molecule has 0 bridgehead atoms. The molecule has 0 aliphatic carbocycles. The topological polar surface area (TPSA) is 158 Å². The lowest BCUT2D eigenvalue weighted by atomic mass is 10.1. The average molecular weight is 517 g/mol. The van der Waals surface area contributed by atoms with Crippen molar-refractivity contribution < 1.29 is 33.3 Å². The Hall–Kier alpha value is -4.84. The van der Waals surface area contributed by atoms with Crippen LogP contribution >= 0.6 is 0 Å². The molecule has 5 rings (SSSR count). The summed E-state index contributed by atoms with van der Waals surface area (Å²) >= 11 is 0. The van der Waals surface area contributed by atoms with Gasteiger partial charge in [-0.25, -0.2) is 24.5 Å². The van der Waals surface area contributed by atoms with Gasteiger partial charge in [0.25, 0.3) is 0 Å². The number of hydrogen-bond donors (Lipinski definition) is 1. The molecule has 194 valence electrons. The number of benzene rings is 2. The van der Waals surface area contributed by atoms with E-state index in [0.29, 0.717) is 16.7 Å². The number of carbonyl (C=O) groups excluding carboxylic acids is 3. The third-order valence-corrected chi connectivity index (χ3v) is 5.89. The first kappa shape index (κ1) is 24.8. The zero-order chi connectivity index (χ0) is 26.6. The highest BCUT2D eigenvalue weighted by Crippen LogP contribution is 2.36. The number of fused-ring (bicyclic) bond motifs is 1. The van der Waals surface area contributed by atoms with E-state index < -0.39 is 42.4 Å². The maximum Gasteiger partial charge on any atom is 0.338 e. The summed E-state index contributed by atoms with van der Waals surface area (Å²) in [5, 5.41) is 0. The van der Waals surface area contributed by atoms with Crippen LogP contribution in [0.25, 0.3) is 11.2 Å². The molecule has 1 aliphatic heterocycles. The molecule has 0 radical (unpaired) electrons. The second-order valence-electron chi connectivity index (χ2n) is 8.42. The van der Waals surface area contributed by atoms with Crippen LogP contribution in [-0.4, -0.2) is 62.3 Å². The van der Waals surface area contributed by atoms with Gasteiger partial charge in [-0.15, -0.1) is 0 Å². The van der Waals surface area contributed by atoms with Crippen LogP contribution in [0.4, 0.5) is 5.82 Å². The molecule has 12 nitrogen and oxygen atoms in total. The highest BCUT2D eigenvalue weighted by Gasteiger charge is 2.51. The molecule has 4 atom stereocenters. The standard InChI is InChI=1S/C26H23N5O7/c1-15(32)36-21-20(38-26(34)17-10-6-3-7-11-17)18(12-35-25(33)16-8-4-2-5-9-16)37-24(21)31-14-30-19-22(27)28-13-29-23(19)31/h2-11,13-14,18,20-21,24H,12H2,1H3,(H2,27,28,29)/t18-,20+,21-,24-/m1/s1. The summed E-state index contributed by atoms with van der Waals surface area (Å²) in [7, 11) is 0. The van der Waals surface area contributed by atoms with E-state index in [9.17, 15) is 14.4 Å². The minimum Gasteiger partial charge on any atom is -0.459 e. The molecule has 1 aliphatic rings. The monoisotopic (exact) mass is 517 g/mol. The van der Waals surface area contributed by atoms with E-state index in [1.165, 1.54) is 24.1 Å². The number of carbonyl (C=O) groups is 3. The molecule has 2 aromatic carbocycles. The quantitative estimate of drug-likeness (QED) is 0.283. The van der Waals surface area contributed by atoms with E-state index in [2.05, 4.69) is 15.0 Å². The largest absolute Gasteiger partial charge is 0.459 e. The molecule has 4 aromatic rings. The van der Waals surface area contributed by atoms with Crippen molar-refractivity contribution in [3.8, 4) is 0 Å². The van der Waals surface area contributed by atoms with Crippen molar-refractivity contribution in [1.29, 1.82) is 0 Å². The lowest BCUT2D eigenvalue weighted by Crippen LogP contribution is -2.41. The lowest BCUT2D eigenvalue weighted by Gasteiger charge is -2.24. The fourth-order valence-corrected chi connectivity index (χ4v) is 4.16. The molecule has 3 heterocycles. The maximum absolute atomic E-state index is 13.0. The third kappa shape index (κ3) is 5.02. The van der Waals surface area contributed by atoms with Crippen molar-refractivity contribution in [2.24, 2.45) is 0 Å². The van der Waals surface area contributed by atoms with Crippen molar-refractivity contribution >= 4 is 34.9 Å². The van der Waals surface area contributed by atoms with Gasteiger partial charge in [0.2, 0.25) is 0 Å². The molecule has 12 heteroatoms. The van der Waals surface area contributed by atoms with Crippen molar-refractivity contribution in [2.75, 3.05) is 12.3 Å². The Morgan fingerprint density at radius 3 is 2.21 bits per heavy atom. The van der Waals surface area contributed by atoms with Crippen molar-refractivity contribution in [3.63, 3.8) is 0 Å². The highest BCUT2D eigenvalue weighted by atomic mass is 16.7. The molecular formula is C26H23N5O7. The predicted molar refractivity (Wildman–Crippen MR) is 132 cm³/mol. The second kappa shape index (κ2) is 10.6. The fourth-order valence-electron chi connectivity index (χ4n) is 4.16. The molecule has 1 saturated heterocycles. The first-order valence-corrected chi connectivity index (χ1v) is 11.7. The molecule has 0 amide bonds. The van der Waals surface area contributed by atoms with Gasteiger partial charge in [0, 0.05) is 6.92 Å². The molecule has 2 aromatic heterocycles. The van der Waals surface area contributed by atoms with E-state index >= 15 is 0 Å². The summed E-state index contributed by atoms with van der Waals surface area (Å²) in [5.41, 5.74) is 7.17. The SMILES string of the molecule is CC(=O)O[C@@H]1[C@@H](OC(=O)c2ccccc2)[C@@H](COC(=O)c2ccccc2)O[C@H]1n1cnc2c(N)ncnc21. The fraction of sp³-hybridized carbons (Fsp3) is 0.231. The summed E-state index contributed by atoms with van der Waals surface area (Å²) in [6.07, 6.45) is -1.64. The van der Waals surface area contributed by atoms with Crippen LogP contribution < -0.4 is 5.73 Å². The summed E-state index contributed by atoms with van der Waals surface area (Å²) in [6, 6.07) is 16.7. The van der Waals surface area contributed by atoms with E-state index in [-0.39, 0.29) is 18.0 Å². The zero-order valence-electron chi connectivity index (χ0n) is 20.2. The number of nitrogens with zero attached hydrogens (tertiary/aromatic N) is 4. The van der Waals surface area contributed by atoms with Crippen LogP contribution in [0, 0.1) is 0 Å². The normalized spacial score (nSPS) is 20.7. The van der Waals surface area contributed by atoms with Crippen LogP contribution in [0.2, 0.25) is 0 Å². The predicted octanol–water partition coefficient (Wildman–Crippen LogP) is 2.32. The number of esters is 3. The van der Waals surface area contributed by atoms with Crippen LogP contribution in [0.1, 0.15) is 33.9 Å². The molecule has 38 heavy (non-hydrogen) atoms. The van der Waals surface area contributed by atoms with Gasteiger partial charge in [-0.1, -0.05) is 36.4 Å². The van der Waals surface area contributed by atoms with Crippen molar-refractivity contribution in [1.82, 2.24) is 19.5 Å². The average Bonchev–Trinajstić information content (AvgIpc) is 3.50. The number of ether oxygens (including phenoxy) is 4. The van der Waals surface area contributed by atoms with Crippen LogP contribution in [0.5, 0.6) is 0 Å². The number of nitrogens with two attached hydrogens (primary N) is 1. The third-order valence-electron chi connectivity index (χ3n) is 5.89. The molecule has 0 saturated carbocycles. The minimum absolute atomic E-state index is 0.149. The van der Waals surface area contributed by atoms with Crippen LogP contribution in [0.15, 0.2) is 73.3 Å². The van der Waals surface area contributed by atoms with Gasteiger partial charge in [-0.05, 0) is 24.3 Å². The van der Waals surface area contributed by atoms with E-state index in [1.807, 2.05) is 0 Å². The molecule has 0 unspecified atom stereocenters. The van der Waals surface area contributed by atoms with Gasteiger partial charge in [-0.3, -0.25) is 9.36 Å². The van der Waals surface area contributed by atoms with E-state index in [0.717, 1.165) is 0 Å². The van der Waals surface area contributed by atoms with Gasteiger partial charge in [0.15, 0.2) is 29.9 Å². The van der Waals surface area contributed by atoms with Gasteiger partial charge in [0.05, 0.1) is 17.5 Å². The Balaban J connectivity index is 1.48. The maximum atomic E-state index is 13.0. The highest BCUT2D eigenvalue weighted by molar-refractivity contribution is 5.90. The van der Waals surface area contributed by atoms with Gasteiger partial charge < -0.3 is 24.7 Å². The first-order valence-electron chi connectivity index (χ1n) is 11.7. The summed E-state index contributed by atoms with van der Waals surface area (Å²) < 4.78 is 24.6. The summed E-state index contributed by atoms with van der Waals surface area (Å²) in [6.45, 7) is 0.931. The number of imidazole rings is 1. The zero-order valence-corrected chi connectivity index (χ0v) is 20.2. The van der Waals surface area contributed by atoms with Gasteiger partial charge in [-0.2, -0.15) is 0 Å². The summed E-state index contributed by atoms with van der Waals surface area (Å²) in [5.74, 6) is -1.75. The van der Waals surface area contributed by atoms with E-state index in [1.54, 1.807) is 60.7 Å². The van der Waals surface area contributed by atoms with Crippen LogP contribution in [-0.2, 0) is 23.7 Å². The van der Waals surface area contributed by atoms with Gasteiger partial charge >= 0.3 is 17.9 Å². The number of rotatable bonds is 7. The van der Waals surface area contributed by atoms with Gasteiger partial charge in [0.1, 0.15) is 24.6 Å². The Kier molecular flexibility index (Phi) is 6.96. The second-order valence-corrected chi connectivity index (χ2v) is 8.42. The molecule has 1 fully saturated rings. The van der Waals surface area contributed by atoms with Crippen LogP contribution in [0.3, 0.4) is 0 Å². The smallest absolute Gasteiger partial charge is 0.338 e. The molecular weight excluding hydrogens is 494 g/mol.